The average molecular weight is 311 g/mol. The van der Waals surface area contributed by atoms with Crippen LogP contribution >= 0.6 is 0 Å². The Balaban J connectivity index is 2.18. The van der Waals surface area contributed by atoms with Gasteiger partial charge in [0.2, 0.25) is 0 Å². The van der Waals surface area contributed by atoms with Crippen LogP contribution < -0.4 is 5.32 Å². The summed E-state index contributed by atoms with van der Waals surface area (Å²) >= 11 is 0. The minimum atomic E-state index is -4.45. The van der Waals surface area contributed by atoms with Gasteiger partial charge < -0.3 is 5.32 Å². The molecule has 2 nitrogen and oxygen atoms in total. The molecule has 0 unspecified atom stereocenters. The van der Waals surface area contributed by atoms with Gasteiger partial charge in [-0.1, -0.05) is 24.3 Å². The largest absolute Gasteiger partial charge is 0.416 e. The molecule has 22 heavy (non-hydrogen) atoms. The molecule has 0 saturated heterocycles. The molecule has 2 aromatic carbocycles. The molecule has 2 rings (SSSR count). The van der Waals surface area contributed by atoms with Crippen LogP contribution in [0, 0.1) is 5.82 Å². The van der Waals surface area contributed by atoms with Crippen molar-refractivity contribution in [3.05, 3.63) is 71.0 Å². The topological polar surface area (TPSA) is 29.1 Å². The monoisotopic (exact) mass is 311 g/mol. The zero-order valence-electron chi connectivity index (χ0n) is 11.6. The van der Waals surface area contributed by atoms with Gasteiger partial charge in [0.1, 0.15) is 5.82 Å². The first-order valence-corrected chi connectivity index (χ1v) is 6.51. The summed E-state index contributed by atoms with van der Waals surface area (Å²) in [5.41, 5.74) is -0.655. The fourth-order valence-corrected chi connectivity index (χ4v) is 1.99. The van der Waals surface area contributed by atoms with Gasteiger partial charge in [0.15, 0.2) is 0 Å². The number of hydrogen-bond donors (Lipinski definition) is 1. The van der Waals surface area contributed by atoms with Gasteiger partial charge in [-0.05, 0) is 36.8 Å². The van der Waals surface area contributed by atoms with Crippen LogP contribution in [0.2, 0.25) is 0 Å². The van der Waals surface area contributed by atoms with E-state index in [-0.39, 0.29) is 5.56 Å². The Morgan fingerprint density at radius 1 is 1.09 bits per heavy atom. The maximum absolute atomic E-state index is 13.5. The predicted molar refractivity (Wildman–Crippen MR) is 73.7 cm³/mol. The summed E-state index contributed by atoms with van der Waals surface area (Å²) in [4.78, 5) is 12.0. The van der Waals surface area contributed by atoms with E-state index < -0.39 is 29.5 Å². The van der Waals surface area contributed by atoms with Crippen LogP contribution in [-0.4, -0.2) is 5.91 Å². The SMILES string of the molecule is C[C@@H](NC(=O)c1ccccc1F)c1cccc(C(F)(F)F)c1. The highest BCUT2D eigenvalue weighted by Gasteiger charge is 2.30. The molecule has 116 valence electrons. The van der Waals surface area contributed by atoms with E-state index in [1.165, 1.54) is 37.3 Å². The van der Waals surface area contributed by atoms with E-state index in [1.807, 2.05) is 0 Å². The Morgan fingerprint density at radius 2 is 1.77 bits per heavy atom. The fourth-order valence-electron chi connectivity index (χ4n) is 1.99. The van der Waals surface area contributed by atoms with Crippen LogP contribution in [0.4, 0.5) is 17.6 Å². The van der Waals surface area contributed by atoms with Gasteiger partial charge in [-0.25, -0.2) is 4.39 Å². The lowest BCUT2D eigenvalue weighted by atomic mass is 10.0. The van der Waals surface area contributed by atoms with Gasteiger partial charge in [-0.15, -0.1) is 0 Å². The molecule has 0 spiro atoms. The van der Waals surface area contributed by atoms with Crippen LogP contribution in [0.15, 0.2) is 48.5 Å². The number of hydrogen-bond acceptors (Lipinski definition) is 1. The molecule has 6 heteroatoms. The summed E-state index contributed by atoms with van der Waals surface area (Å²) in [5, 5.41) is 2.49. The molecule has 0 aliphatic carbocycles. The van der Waals surface area contributed by atoms with Crippen molar-refractivity contribution in [3.8, 4) is 0 Å². The van der Waals surface area contributed by atoms with E-state index in [0.717, 1.165) is 18.2 Å². The lowest BCUT2D eigenvalue weighted by molar-refractivity contribution is -0.137. The number of carbonyl (C=O) groups excluding carboxylic acids is 1. The summed E-state index contributed by atoms with van der Waals surface area (Å²) in [6, 6.07) is 9.38. The zero-order chi connectivity index (χ0) is 16.3. The normalized spacial score (nSPS) is 12.8. The van der Waals surface area contributed by atoms with Gasteiger partial charge in [0.25, 0.3) is 5.91 Å². The van der Waals surface area contributed by atoms with Crippen molar-refractivity contribution in [1.29, 1.82) is 0 Å². The predicted octanol–water partition coefficient (Wildman–Crippen LogP) is 4.34. The summed E-state index contributed by atoms with van der Waals surface area (Å²) < 4.78 is 51.5. The molecule has 0 aliphatic rings. The first-order chi connectivity index (χ1) is 10.3. The van der Waals surface area contributed by atoms with Crippen LogP contribution in [0.3, 0.4) is 0 Å². The van der Waals surface area contributed by atoms with Gasteiger partial charge in [0.05, 0.1) is 17.2 Å². The summed E-state index contributed by atoms with van der Waals surface area (Å²) in [6.45, 7) is 1.54. The van der Waals surface area contributed by atoms with E-state index in [1.54, 1.807) is 0 Å². The van der Waals surface area contributed by atoms with E-state index in [4.69, 9.17) is 0 Å². The summed E-state index contributed by atoms with van der Waals surface area (Å²) in [6.07, 6.45) is -4.45. The average Bonchev–Trinajstić information content (AvgIpc) is 2.46. The maximum Gasteiger partial charge on any atom is 0.416 e. The molecule has 0 bridgehead atoms. The number of rotatable bonds is 3. The van der Waals surface area contributed by atoms with Crippen LogP contribution in [0.1, 0.15) is 34.5 Å². The van der Waals surface area contributed by atoms with Crippen LogP contribution in [0.5, 0.6) is 0 Å². The zero-order valence-corrected chi connectivity index (χ0v) is 11.6. The van der Waals surface area contributed by atoms with Crippen molar-refractivity contribution in [2.45, 2.75) is 19.1 Å². The van der Waals surface area contributed by atoms with Crippen molar-refractivity contribution in [2.24, 2.45) is 0 Å². The smallest absolute Gasteiger partial charge is 0.345 e. The molecule has 0 saturated carbocycles. The highest BCUT2D eigenvalue weighted by molar-refractivity contribution is 5.94. The second kappa shape index (κ2) is 6.17. The van der Waals surface area contributed by atoms with Gasteiger partial charge in [-0.3, -0.25) is 4.79 Å². The van der Waals surface area contributed by atoms with E-state index >= 15 is 0 Å². The molecule has 0 heterocycles. The first-order valence-electron chi connectivity index (χ1n) is 6.51. The Kier molecular flexibility index (Phi) is 4.49. The second-order valence-corrected chi connectivity index (χ2v) is 4.80. The third-order valence-corrected chi connectivity index (χ3v) is 3.18. The second-order valence-electron chi connectivity index (χ2n) is 4.80. The highest BCUT2D eigenvalue weighted by atomic mass is 19.4. The Hall–Kier alpha value is -2.37. The number of amides is 1. The third kappa shape index (κ3) is 3.63. The van der Waals surface area contributed by atoms with Crippen molar-refractivity contribution < 1.29 is 22.4 Å². The molecule has 0 aromatic heterocycles. The van der Waals surface area contributed by atoms with Crippen LogP contribution in [0.25, 0.3) is 0 Å². The molecular formula is C16H13F4NO. The fraction of sp³-hybridized carbons (Fsp3) is 0.188. The standard InChI is InChI=1S/C16H13F4NO/c1-10(11-5-4-6-12(9-11)16(18,19)20)21-15(22)13-7-2-3-8-14(13)17/h2-10H,1H3,(H,21,22)/t10-/m1/s1. The molecular weight excluding hydrogens is 298 g/mol. The Bertz CT molecular complexity index is 682. The Labute approximate surface area is 124 Å². The van der Waals surface area contributed by atoms with Crippen molar-refractivity contribution in [2.75, 3.05) is 0 Å². The minimum Gasteiger partial charge on any atom is -0.345 e. The van der Waals surface area contributed by atoms with Gasteiger partial charge in [0, 0.05) is 0 Å². The first kappa shape index (κ1) is 16.0. The lowest BCUT2D eigenvalue weighted by Crippen LogP contribution is -2.27. The molecule has 2 aromatic rings. The lowest BCUT2D eigenvalue weighted by Gasteiger charge is -2.16. The van der Waals surface area contributed by atoms with Crippen molar-refractivity contribution in [1.82, 2.24) is 5.32 Å². The molecule has 0 radical (unpaired) electrons. The highest BCUT2D eigenvalue weighted by Crippen LogP contribution is 2.30. The molecule has 1 atom stereocenters. The van der Waals surface area contributed by atoms with Crippen molar-refractivity contribution >= 4 is 5.91 Å². The number of halogens is 4. The number of benzene rings is 2. The summed E-state index contributed by atoms with van der Waals surface area (Å²) in [5.74, 6) is -1.36. The number of alkyl halides is 3. The van der Waals surface area contributed by atoms with Gasteiger partial charge in [-0.2, -0.15) is 13.2 Å². The van der Waals surface area contributed by atoms with Crippen molar-refractivity contribution in [3.63, 3.8) is 0 Å². The summed E-state index contributed by atoms with van der Waals surface area (Å²) in [7, 11) is 0. The quantitative estimate of drug-likeness (QED) is 0.840. The van der Waals surface area contributed by atoms with E-state index in [0.29, 0.717) is 5.56 Å². The van der Waals surface area contributed by atoms with Crippen LogP contribution in [-0.2, 0) is 6.18 Å². The molecule has 0 aliphatic heterocycles. The third-order valence-electron chi connectivity index (χ3n) is 3.18. The minimum absolute atomic E-state index is 0.152. The van der Waals surface area contributed by atoms with E-state index in [2.05, 4.69) is 5.32 Å². The maximum atomic E-state index is 13.5. The van der Waals surface area contributed by atoms with E-state index in [9.17, 15) is 22.4 Å². The van der Waals surface area contributed by atoms with Gasteiger partial charge >= 0.3 is 6.18 Å². The molecule has 1 N–H and O–H groups in total. The number of carbonyl (C=O) groups is 1. The molecule has 1 amide bonds. The Morgan fingerprint density at radius 3 is 2.41 bits per heavy atom. The number of nitrogens with one attached hydrogen (secondary N) is 1. The molecule has 0 fully saturated rings.